The van der Waals surface area contributed by atoms with E-state index in [-0.39, 0.29) is 42.4 Å². The van der Waals surface area contributed by atoms with Crippen molar-refractivity contribution in [1.29, 1.82) is 0 Å². The lowest BCUT2D eigenvalue weighted by molar-refractivity contribution is -0.129. The van der Waals surface area contributed by atoms with E-state index in [2.05, 4.69) is 16.8 Å². The van der Waals surface area contributed by atoms with Gasteiger partial charge in [0.15, 0.2) is 0 Å². The summed E-state index contributed by atoms with van der Waals surface area (Å²) >= 11 is 0. The molecule has 0 bridgehead atoms. The minimum absolute atomic E-state index is 0.0702. The molecule has 7 heteroatoms. The molecule has 32 heavy (non-hydrogen) atoms. The average molecular weight is 436 g/mol. The molecule has 0 saturated heterocycles. The van der Waals surface area contributed by atoms with Crippen molar-refractivity contribution in [2.45, 2.75) is 32.9 Å². The van der Waals surface area contributed by atoms with E-state index in [9.17, 15) is 14.7 Å². The van der Waals surface area contributed by atoms with Crippen molar-refractivity contribution in [3.8, 4) is 17.7 Å². The molecule has 0 fully saturated rings. The molecule has 2 aromatic rings. The first-order valence-corrected chi connectivity index (χ1v) is 10.7. The van der Waals surface area contributed by atoms with Gasteiger partial charge < -0.3 is 19.6 Å². The van der Waals surface area contributed by atoms with E-state index in [1.807, 2.05) is 37.3 Å². The fourth-order valence-corrected chi connectivity index (χ4v) is 3.45. The molecule has 0 unspecified atom stereocenters. The molecule has 168 valence electrons. The maximum absolute atomic E-state index is 13.4. The van der Waals surface area contributed by atoms with Gasteiger partial charge in [0.25, 0.3) is 5.91 Å². The van der Waals surface area contributed by atoms with Crippen molar-refractivity contribution in [2.75, 3.05) is 26.7 Å². The van der Waals surface area contributed by atoms with Crippen LogP contribution >= 0.6 is 0 Å². The number of fused-ring (bicyclic) bond motifs is 1. The zero-order valence-corrected chi connectivity index (χ0v) is 18.9. The number of pyridine rings is 1. The number of aliphatic hydroxyl groups is 1. The SMILES string of the molecule is CC(=O)N(C)C[C@@H]1Oc2ncc(C#Cc3ccccc3)cc2C(=O)N([C@@H](C)CO)C[C@H]1C. The molecule has 1 aliphatic heterocycles. The van der Waals surface area contributed by atoms with Crippen LogP contribution in [0.4, 0.5) is 0 Å². The number of carbonyl (C=O) groups excluding carboxylic acids is 2. The minimum atomic E-state index is -0.374. The van der Waals surface area contributed by atoms with Crippen LogP contribution in [-0.4, -0.2) is 70.6 Å². The van der Waals surface area contributed by atoms with Gasteiger partial charge in [0.1, 0.15) is 11.7 Å². The number of nitrogens with zero attached hydrogens (tertiary/aromatic N) is 3. The topological polar surface area (TPSA) is 83.0 Å². The third-order valence-electron chi connectivity index (χ3n) is 5.64. The number of carbonyl (C=O) groups is 2. The summed E-state index contributed by atoms with van der Waals surface area (Å²) < 4.78 is 6.16. The fourth-order valence-electron chi connectivity index (χ4n) is 3.45. The predicted molar refractivity (Wildman–Crippen MR) is 121 cm³/mol. The third-order valence-corrected chi connectivity index (χ3v) is 5.64. The lowest BCUT2D eigenvalue weighted by Crippen LogP contribution is -2.50. The zero-order valence-electron chi connectivity index (χ0n) is 18.9. The summed E-state index contributed by atoms with van der Waals surface area (Å²) in [6, 6.07) is 10.9. The van der Waals surface area contributed by atoms with Gasteiger partial charge in [0, 0.05) is 43.8 Å². The van der Waals surface area contributed by atoms with Gasteiger partial charge in [-0.2, -0.15) is 0 Å². The molecule has 7 nitrogen and oxygen atoms in total. The van der Waals surface area contributed by atoms with E-state index in [1.54, 1.807) is 36.0 Å². The normalized spacial score (nSPS) is 18.9. The van der Waals surface area contributed by atoms with Crippen molar-refractivity contribution < 1.29 is 19.4 Å². The first-order chi connectivity index (χ1) is 15.3. The number of amides is 2. The summed E-state index contributed by atoms with van der Waals surface area (Å²) in [7, 11) is 1.72. The highest BCUT2D eigenvalue weighted by molar-refractivity contribution is 5.97. The number of hydrogen-bond donors (Lipinski definition) is 1. The standard InChI is InChI=1S/C25H29N3O4/c1-17-14-28(18(2)16-29)25(31)22-12-21(11-10-20-8-6-5-7-9-20)13-26-24(22)32-23(17)15-27(4)19(3)30/h5-9,12-13,17-18,23,29H,14-16H2,1-4H3/t17-,18+,23+/m1/s1. The molecular formula is C25H29N3O4. The summed E-state index contributed by atoms with van der Waals surface area (Å²) in [6.45, 7) is 5.86. The van der Waals surface area contributed by atoms with Gasteiger partial charge in [-0.15, -0.1) is 0 Å². The van der Waals surface area contributed by atoms with Crippen LogP contribution in [0, 0.1) is 17.8 Å². The Morgan fingerprint density at radius 2 is 2.00 bits per heavy atom. The molecule has 0 spiro atoms. The molecule has 2 heterocycles. The number of benzene rings is 1. The van der Waals surface area contributed by atoms with Crippen LogP contribution in [0.1, 0.15) is 42.3 Å². The highest BCUT2D eigenvalue weighted by atomic mass is 16.5. The van der Waals surface area contributed by atoms with E-state index >= 15 is 0 Å². The van der Waals surface area contributed by atoms with Crippen LogP contribution in [0.2, 0.25) is 0 Å². The van der Waals surface area contributed by atoms with Gasteiger partial charge in [-0.1, -0.05) is 37.0 Å². The molecule has 3 rings (SSSR count). The first-order valence-electron chi connectivity index (χ1n) is 10.7. The van der Waals surface area contributed by atoms with Crippen molar-refractivity contribution in [3.05, 3.63) is 59.3 Å². The Kier molecular flexibility index (Phi) is 7.49. The molecular weight excluding hydrogens is 406 g/mol. The maximum Gasteiger partial charge on any atom is 0.259 e. The van der Waals surface area contributed by atoms with Crippen LogP contribution in [0.3, 0.4) is 0 Å². The van der Waals surface area contributed by atoms with E-state index in [0.717, 1.165) is 5.56 Å². The molecule has 1 aromatic carbocycles. The van der Waals surface area contributed by atoms with Gasteiger partial charge in [0.05, 0.1) is 19.2 Å². The molecule has 1 aromatic heterocycles. The van der Waals surface area contributed by atoms with Crippen LogP contribution < -0.4 is 4.74 Å². The van der Waals surface area contributed by atoms with Crippen molar-refractivity contribution in [3.63, 3.8) is 0 Å². The average Bonchev–Trinajstić information content (AvgIpc) is 2.80. The van der Waals surface area contributed by atoms with Crippen LogP contribution in [0.5, 0.6) is 5.88 Å². The molecule has 1 N–H and O–H groups in total. The molecule has 1 aliphatic rings. The van der Waals surface area contributed by atoms with Crippen LogP contribution in [-0.2, 0) is 4.79 Å². The largest absolute Gasteiger partial charge is 0.472 e. The Balaban J connectivity index is 2.00. The zero-order chi connectivity index (χ0) is 23.3. The van der Waals surface area contributed by atoms with Gasteiger partial charge in [-0.05, 0) is 25.1 Å². The lowest BCUT2D eigenvalue weighted by atomic mass is 10.00. The Bertz CT molecular complexity index is 1030. The number of rotatable bonds is 4. The lowest BCUT2D eigenvalue weighted by Gasteiger charge is -2.37. The van der Waals surface area contributed by atoms with Crippen LogP contribution in [0.15, 0.2) is 42.6 Å². The summed E-state index contributed by atoms with van der Waals surface area (Å²) in [5.74, 6) is 5.92. The fraction of sp³-hybridized carbons (Fsp3) is 0.400. The van der Waals surface area contributed by atoms with E-state index < -0.39 is 0 Å². The quantitative estimate of drug-likeness (QED) is 0.745. The van der Waals surface area contributed by atoms with Crippen molar-refractivity contribution in [2.24, 2.45) is 5.92 Å². The van der Waals surface area contributed by atoms with Crippen molar-refractivity contribution in [1.82, 2.24) is 14.8 Å². The van der Waals surface area contributed by atoms with Gasteiger partial charge in [0.2, 0.25) is 11.8 Å². The van der Waals surface area contributed by atoms with Gasteiger partial charge >= 0.3 is 0 Å². The second-order valence-corrected chi connectivity index (χ2v) is 8.21. The molecule has 3 atom stereocenters. The summed E-state index contributed by atoms with van der Waals surface area (Å²) in [4.78, 5) is 32.8. The predicted octanol–water partition coefficient (Wildman–Crippen LogP) is 2.18. The highest BCUT2D eigenvalue weighted by Gasteiger charge is 2.34. The molecule has 2 amide bonds. The smallest absolute Gasteiger partial charge is 0.259 e. The van der Waals surface area contributed by atoms with Crippen molar-refractivity contribution >= 4 is 11.8 Å². The number of aromatic nitrogens is 1. The monoisotopic (exact) mass is 435 g/mol. The van der Waals surface area contributed by atoms with E-state index in [1.165, 1.54) is 6.92 Å². The Hall–Kier alpha value is -3.37. The third kappa shape index (κ3) is 5.45. The number of aliphatic hydroxyl groups excluding tert-OH is 1. The minimum Gasteiger partial charge on any atom is -0.472 e. The first kappa shape index (κ1) is 23.3. The Morgan fingerprint density at radius 1 is 1.31 bits per heavy atom. The van der Waals surface area contributed by atoms with Gasteiger partial charge in [-0.3, -0.25) is 9.59 Å². The summed E-state index contributed by atoms with van der Waals surface area (Å²) in [6.07, 6.45) is 1.22. The summed E-state index contributed by atoms with van der Waals surface area (Å²) in [5, 5.41) is 9.73. The Labute approximate surface area is 189 Å². The highest BCUT2D eigenvalue weighted by Crippen LogP contribution is 2.27. The number of likely N-dealkylation sites (N-methyl/N-ethyl adjacent to an activating group) is 1. The number of ether oxygens (including phenoxy) is 1. The molecule has 0 radical (unpaired) electrons. The van der Waals surface area contributed by atoms with E-state index in [4.69, 9.17) is 4.74 Å². The second kappa shape index (κ2) is 10.3. The second-order valence-electron chi connectivity index (χ2n) is 8.21. The molecule has 0 aliphatic carbocycles. The van der Waals surface area contributed by atoms with Crippen LogP contribution in [0.25, 0.3) is 0 Å². The maximum atomic E-state index is 13.4. The summed E-state index contributed by atoms with van der Waals surface area (Å²) in [5.41, 5.74) is 1.75. The van der Waals surface area contributed by atoms with Gasteiger partial charge in [-0.25, -0.2) is 4.98 Å². The Morgan fingerprint density at radius 3 is 2.66 bits per heavy atom. The number of hydrogen-bond acceptors (Lipinski definition) is 5. The van der Waals surface area contributed by atoms with E-state index in [0.29, 0.717) is 24.2 Å². The molecule has 0 saturated carbocycles.